The fourth-order valence-corrected chi connectivity index (χ4v) is 5.15. The highest BCUT2D eigenvalue weighted by Crippen LogP contribution is 2.40. The summed E-state index contributed by atoms with van der Waals surface area (Å²) in [6.45, 7) is 0. The number of fused-ring (bicyclic) bond motifs is 4. The Hall–Kier alpha value is -4.82. The SMILES string of the molecule is c1ccc(N(c2ccccc2)c2ccc3oc4ccc(-c5cccc6ccccc56)cc4c3c2)cc1. The van der Waals surface area contributed by atoms with Crippen molar-refractivity contribution in [3.63, 3.8) is 0 Å². The highest BCUT2D eigenvalue weighted by atomic mass is 16.3. The summed E-state index contributed by atoms with van der Waals surface area (Å²) in [6.07, 6.45) is 0. The van der Waals surface area contributed by atoms with Crippen LogP contribution in [0.3, 0.4) is 0 Å². The zero-order chi connectivity index (χ0) is 23.9. The largest absolute Gasteiger partial charge is 0.456 e. The van der Waals surface area contributed by atoms with Gasteiger partial charge in [0.05, 0.1) is 0 Å². The molecule has 0 aliphatic carbocycles. The standard InChI is InChI=1S/C34H23NO/c1-3-12-26(13-4-1)35(27-14-5-2-6-15-27)28-19-21-34-32(23-28)31-22-25(18-20-33(31)36-34)30-17-9-11-24-10-7-8-16-29(24)30/h1-23H. The number of hydrogen-bond acceptors (Lipinski definition) is 2. The van der Waals surface area contributed by atoms with E-state index in [1.807, 2.05) is 12.1 Å². The van der Waals surface area contributed by atoms with Gasteiger partial charge in [-0.3, -0.25) is 0 Å². The summed E-state index contributed by atoms with van der Waals surface area (Å²) in [4.78, 5) is 2.28. The van der Waals surface area contributed by atoms with Gasteiger partial charge in [-0.1, -0.05) is 84.9 Å². The quantitative estimate of drug-likeness (QED) is 0.259. The first-order valence-electron chi connectivity index (χ1n) is 12.2. The van der Waals surface area contributed by atoms with Crippen molar-refractivity contribution in [3.8, 4) is 11.1 Å². The topological polar surface area (TPSA) is 16.4 Å². The van der Waals surface area contributed by atoms with Gasteiger partial charge in [0.1, 0.15) is 11.2 Å². The lowest BCUT2D eigenvalue weighted by molar-refractivity contribution is 0.669. The maximum absolute atomic E-state index is 6.26. The van der Waals surface area contributed by atoms with Crippen molar-refractivity contribution in [2.24, 2.45) is 0 Å². The van der Waals surface area contributed by atoms with Crippen molar-refractivity contribution in [2.45, 2.75) is 0 Å². The minimum atomic E-state index is 0.893. The molecule has 0 aliphatic rings. The molecule has 2 heteroatoms. The van der Waals surface area contributed by atoms with E-state index in [4.69, 9.17) is 4.42 Å². The average Bonchev–Trinajstić information content (AvgIpc) is 3.31. The van der Waals surface area contributed by atoms with E-state index in [1.165, 1.54) is 21.9 Å². The first-order valence-corrected chi connectivity index (χ1v) is 12.2. The predicted octanol–water partition coefficient (Wildman–Crippen LogP) is 9.88. The van der Waals surface area contributed by atoms with Gasteiger partial charge in [0.2, 0.25) is 0 Å². The molecule has 7 aromatic rings. The molecule has 0 amide bonds. The number of anilines is 3. The van der Waals surface area contributed by atoms with Crippen molar-refractivity contribution in [3.05, 3.63) is 140 Å². The zero-order valence-electron chi connectivity index (χ0n) is 19.6. The van der Waals surface area contributed by atoms with Crippen LogP contribution in [0.25, 0.3) is 43.8 Å². The van der Waals surface area contributed by atoms with Crippen LogP contribution in [0, 0.1) is 0 Å². The number of nitrogens with zero attached hydrogens (tertiary/aromatic N) is 1. The normalized spacial score (nSPS) is 11.3. The molecule has 0 unspecified atom stereocenters. The smallest absolute Gasteiger partial charge is 0.135 e. The maximum Gasteiger partial charge on any atom is 0.135 e. The lowest BCUT2D eigenvalue weighted by Gasteiger charge is -2.25. The summed E-state index contributed by atoms with van der Waals surface area (Å²) in [5.41, 5.74) is 7.55. The van der Waals surface area contributed by atoms with Crippen LogP contribution < -0.4 is 4.90 Å². The molecule has 1 heterocycles. The third kappa shape index (κ3) is 3.43. The van der Waals surface area contributed by atoms with E-state index in [9.17, 15) is 0 Å². The van der Waals surface area contributed by atoms with Gasteiger partial charge in [-0.15, -0.1) is 0 Å². The second kappa shape index (κ2) is 8.44. The number of benzene rings is 6. The molecular formula is C34H23NO. The van der Waals surface area contributed by atoms with Crippen LogP contribution in [0.5, 0.6) is 0 Å². The summed E-state index contributed by atoms with van der Waals surface area (Å²) in [6, 6.07) is 49.0. The molecule has 0 fully saturated rings. The first-order chi connectivity index (χ1) is 17.8. The molecule has 0 N–H and O–H groups in total. The van der Waals surface area contributed by atoms with Crippen LogP contribution in [-0.4, -0.2) is 0 Å². The second-order valence-corrected chi connectivity index (χ2v) is 9.03. The fourth-order valence-electron chi connectivity index (χ4n) is 5.15. The highest BCUT2D eigenvalue weighted by Gasteiger charge is 2.15. The molecule has 0 bridgehead atoms. The van der Waals surface area contributed by atoms with Gasteiger partial charge in [0.25, 0.3) is 0 Å². The fraction of sp³-hybridized carbons (Fsp3) is 0. The van der Waals surface area contributed by atoms with Gasteiger partial charge in [-0.2, -0.15) is 0 Å². The van der Waals surface area contributed by atoms with Crippen molar-refractivity contribution in [2.75, 3.05) is 4.90 Å². The van der Waals surface area contributed by atoms with E-state index in [1.54, 1.807) is 0 Å². The molecular weight excluding hydrogens is 438 g/mol. The van der Waals surface area contributed by atoms with Crippen molar-refractivity contribution in [1.82, 2.24) is 0 Å². The number of para-hydroxylation sites is 2. The van der Waals surface area contributed by atoms with Crippen LogP contribution in [0.15, 0.2) is 144 Å². The predicted molar refractivity (Wildman–Crippen MR) is 151 cm³/mol. The lowest BCUT2D eigenvalue weighted by Crippen LogP contribution is -2.09. The Morgan fingerprint density at radius 2 is 1.03 bits per heavy atom. The Labute approximate surface area is 209 Å². The summed E-state index contributed by atoms with van der Waals surface area (Å²) in [5, 5.41) is 4.74. The summed E-state index contributed by atoms with van der Waals surface area (Å²) >= 11 is 0. The van der Waals surface area contributed by atoms with Crippen LogP contribution in [0.2, 0.25) is 0 Å². The second-order valence-electron chi connectivity index (χ2n) is 9.03. The van der Waals surface area contributed by atoms with E-state index < -0.39 is 0 Å². The molecule has 0 radical (unpaired) electrons. The van der Waals surface area contributed by atoms with Gasteiger partial charge >= 0.3 is 0 Å². The minimum absolute atomic E-state index is 0.893. The zero-order valence-corrected chi connectivity index (χ0v) is 19.6. The monoisotopic (exact) mass is 461 g/mol. The summed E-state index contributed by atoms with van der Waals surface area (Å²) < 4.78 is 6.26. The van der Waals surface area contributed by atoms with E-state index in [-0.39, 0.29) is 0 Å². The number of rotatable bonds is 4. The van der Waals surface area contributed by atoms with E-state index in [0.717, 1.165) is 39.0 Å². The van der Waals surface area contributed by atoms with Gasteiger partial charge in [-0.05, 0) is 76.5 Å². The molecule has 0 saturated carbocycles. The Balaban J connectivity index is 1.43. The number of furan rings is 1. The highest BCUT2D eigenvalue weighted by molar-refractivity contribution is 6.09. The van der Waals surface area contributed by atoms with Crippen LogP contribution in [0.1, 0.15) is 0 Å². The molecule has 0 saturated heterocycles. The Kier molecular flexibility index (Phi) is 4.82. The van der Waals surface area contributed by atoms with Gasteiger partial charge in [-0.25, -0.2) is 0 Å². The van der Waals surface area contributed by atoms with Crippen LogP contribution >= 0.6 is 0 Å². The minimum Gasteiger partial charge on any atom is -0.456 e. The van der Waals surface area contributed by atoms with Crippen molar-refractivity contribution in [1.29, 1.82) is 0 Å². The van der Waals surface area contributed by atoms with Crippen molar-refractivity contribution < 1.29 is 4.42 Å². The average molecular weight is 462 g/mol. The lowest BCUT2D eigenvalue weighted by atomic mass is 9.97. The summed E-state index contributed by atoms with van der Waals surface area (Å²) in [5.74, 6) is 0. The molecule has 2 nitrogen and oxygen atoms in total. The summed E-state index contributed by atoms with van der Waals surface area (Å²) in [7, 11) is 0. The molecule has 1 aromatic heterocycles. The molecule has 7 rings (SSSR count). The maximum atomic E-state index is 6.26. The molecule has 0 atom stereocenters. The Morgan fingerprint density at radius 1 is 0.417 bits per heavy atom. The van der Waals surface area contributed by atoms with Crippen LogP contribution in [0.4, 0.5) is 17.1 Å². The molecule has 6 aromatic carbocycles. The Morgan fingerprint density at radius 3 is 1.78 bits per heavy atom. The van der Waals surface area contributed by atoms with Gasteiger partial charge in [0, 0.05) is 27.8 Å². The van der Waals surface area contributed by atoms with E-state index in [0.29, 0.717) is 0 Å². The van der Waals surface area contributed by atoms with Crippen molar-refractivity contribution >= 4 is 49.8 Å². The molecule has 36 heavy (non-hydrogen) atoms. The third-order valence-electron chi connectivity index (χ3n) is 6.84. The number of hydrogen-bond donors (Lipinski definition) is 0. The van der Waals surface area contributed by atoms with E-state index >= 15 is 0 Å². The molecule has 0 spiro atoms. The van der Waals surface area contributed by atoms with Gasteiger partial charge < -0.3 is 9.32 Å². The molecule has 0 aliphatic heterocycles. The molecule has 170 valence electrons. The first kappa shape index (κ1) is 20.5. The van der Waals surface area contributed by atoms with E-state index in [2.05, 4.69) is 132 Å². The van der Waals surface area contributed by atoms with Crippen LogP contribution in [-0.2, 0) is 0 Å². The third-order valence-corrected chi connectivity index (χ3v) is 6.84. The Bertz CT molecular complexity index is 1790. The van der Waals surface area contributed by atoms with Gasteiger partial charge in [0.15, 0.2) is 0 Å².